The van der Waals surface area contributed by atoms with E-state index >= 15 is 0 Å². The fraction of sp³-hybridized carbons (Fsp3) is 0.538. The molecule has 7 heteroatoms. The van der Waals surface area contributed by atoms with E-state index in [1.807, 2.05) is 16.8 Å². The van der Waals surface area contributed by atoms with Crippen LogP contribution in [0.1, 0.15) is 20.3 Å². The van der Waals surface area contributed by atoms with Crippen molar-refractivity contribution in [1.82, 2.24) is 14.4 Å². The normalized spacial score (nSPS) is 23.2. The molecule has 1 saturated heterocycles. The number of aromatic nitrogens is 3. The maximum absolute atomic E-state index is 5.75. The lowest BCUT2D eigenvalue weighted by Gasteiger charge is -2.39. The molecule has 2 atom stereocenters. The lowest BCUT2D eigenvalue weighted by Crippen LogP contribution is -2.49. The van der Waals surface area contributed by atoms with Gasteiger partial charge in [-0.3, -0.25) is 0 Å². The molecule has 0 saturated carbocycles. The van der Waals surface area contributed by atoms with E-state index < -0.39 is 0 Å². The molecule has 2 aromatic heterocycles. The number of hydrogen-bond acceptors (Lipinski definition) is 6. The molecule has 2 unspecified atom stereocenters. The monoisotopic (exact) mass is 276 g/mol. The number of anilines is 2. The number of nitrogen functional groups attached to an aromatic ring is 1. The van der Waals surface area contributed by atoms with E-state index in [4.69, 9.17) is 10.6 Å². The number of fused-ring (bicyclic) bond motifs is 1. The molecule has 108 valence electrons. The third-order valence-electron chi connectivity index (χ3n) is 3.72. The second-order valence-electron chi connectivity index (χ2n) is 5.11. The highest BCUT2D eigenvalue weighted by Gasteiger charge is 2.28. The van der Waals surface area contributed by atoms with Crippen molar-refractivity contribution in [2.75, 3.05) is 23.5 Å². The average molecular weight is 276 g/mol. The largest absolute Gasteiger partial charge is 0.375 e. The molecule has 1 aliphatic heterocycles. The van der Waals surface area contributed by atoms with Crippen LogP contribution in [-0.4, -0.2) is 39.7 Å². The van der Waals surface area contributed by atoms with Crippen LogP contribution in [0.3, 0.4) is 0 Å². The second-order valence-corrected chi connectivity index (χ2v) is 5.11. The van der Waals surface area contributed by atoms with Gasteiger partial charge in [-0.15, -0.1) is 0 Å². The fourth-order valence-electron chi connectivity index (χ4n) is 2.62. The van der Waals surface area contributed by atoms with Crippen molar-refractivity contribution in [3.8, 4) is 0 Å². The summed E-state index contributed by atoms with van der Waals surface area (Å²) in [6, 6.07) is 0.312. The predicted molar refractivity (Wildman–Crippen MR) is 77.6 cm³/mol. The zero-order valence-corrected chi connectivity index (χ0v) is 11.8. The van der Waals surface area contributed by atoms with Gasteiger partial charge in [0.1, 0.15) is 0 Å². The summed E-state index contributed by atoms with van der Waals surface area (Å²) in [5.41, 5.74) is 3.46. The molecule has 0 aromatic carbocycles. The van der Waals surface area contributed by atoms with Gasteiger partial charge in [0.25, 0.3) is 0 Å². The molecule has 3 heterocycles. The standard InChI is InChI=1S/C13H20N6O/c1-3-10-8-20-9(2)6-19(10)13-12-15-4-5-18(12)7-11(16-13)17-14/h4-5,7,9-10,17H,3,6,8,14H2,1-2H3. The smallest absolute Gasteiger partial charge is 0.180 e. The van der Waals surface area contributed by atoms with Crippen LogP contribution in [0.2, 0.25) is 0 Å². The molecule has 0 aliphatic carbocycles. The Balaban J connectivity index is 2.08. The van der Waals surface area contributed by atoms with Gasteiger partial charge in [-0.1, -0.05) is 6.92 Å². The van der Waals surface area contributed by atoms with Crippen LogP contribution in [0.25, 0.3) is 5.65 Å². The first-order chi connectivity index (χ1) is 9.72. The Bertz CT molecular complexity index is 598. The minimum Gasteiger partial charge on any atom is -0.375 e. The van der Waals surface area contributed by atoms with Crippen LogP contribution in [0.4, 0.5) is 11.6 Å². The summed E-state index contributed by atoms with van der Waals surface area (Å²) in [7, 11) is 0. The van der Waals surface area contributed by atoms with E-state index in [1.165, 1.54) is 0 Å². The molecule has 20 heavy (non-hydrogen) atoms. The van der Waals surface area contributed by atoms with E-state index in [0.717, 1.165) is 24.4 Å². The molecular weight excluding hydrogens is 256 g/mol. The number of nitrogens with one attached hydrogen (secondary N) is 1. The van der Waals surface area contributed by atoms with Crippen molar-refractivity contribution in [3.05, 3.63) is 18.6 Å². The van der Waals surface area contributed by atoms with E-state index in [1.54, 1.807) is 6.20 Å². The van der Waals surface area contributed by atoms with Gasteiger partial charge in [-0.2, -0.15) is 0 Å². The van der Waals surface area contributed by atoms with Gasteiger partial charge >= 0.3 is 0 Å². The molecular formula is C13H20N6O. The summed E-state index contributed by atoms with van der Waals surface area (Å²) in [6.45, 7) is 5.76. The van der Waals surface area contributed by atoms with Crippen LogP contribution in [0.15, 0.2) is 18.6 Å². The maximum Gasteiger partial charge on any atom is 0.180 e. The summed E-state index contributed by atoms with van der Waals surface area (Å²) in [4.78, 5) is 11.3. The third-order valence-corrected chi connectivity index (χ3v) is 3.72. The van der Waals surface area contributed by atoms with E-state index in [-0.39, 0.29) is 6.10 Å². The quantitative estimate of drug-likeness (QED) is 0.643. The van der Waals surface area contributed by atoms with Crippen molar-refractivity contribution >= 4 is 17.3 Å². The fourth-order valence-corrected chi connectivity index (χ4v) is 2.62. The number of hydrogen-bond donors (Lipinski definition) is 2. The van der Waals surface area contributed by atoms with Gasteiger partial charge in [-0.05, 0) is 13.3 Å². The highest BCUT2D eigenvalue weighted by atomic mass is 16.5. The Morgan fingerprint density at radius 3 is 3.15 bits per heavy atom. The Hall–Kier alpha value is -1.86. The number of imidazole rings is 1. The Morgan fingerprint density at radius 1 is 1.55 bits per heavy atom. The molecule has 3 N–H and O–H groups in total. The molecule has 1 fully saturated rings. The van der Waals surface area contributed by atoms with Gasteiger partial charge in [0.05, 0.1) is 24.9 Å². The highest BCUT2D eigenvalue weighted by molar-refractivity contribution is 5.67. The van der Waals surface area contributed by atoms with Crippen LogP contribution in [0.5, 0.6) is 0 Å². The van der Waals surface area contributed by atoms with Crippen LogP contribution in [-0.2, 0) is 4.74 Å². The molecule has 0 radical (unpaired) electrons. The first-order valence-corrected chi connectivity index (χ1v) is 6.91. The van der Waals surface area contributed by atoms with Gasteiger partial charge in [0.15, 0.2) is 17.3 Å². The minimum absolute atomic E-state index is 0.184. The Kier molecular flexibility index (Phi) is 3.45. The maximum atomic E-state index is 5.75. The summed E-state index contributed by atoms with van der Waals surface area (Å²) in [6.07, 6.45) is 6.68. The summed E-state index contributed by atoms with van der Waals surface area (Å²) >= 11 is 0. The third kappa shape index (κ3) is 2.19. The lowest BCUT2D eigenvalue weighted by molar-refractivity contribution is 0.0297. The molecule has 2 aromatic rings. The molecule has 0 bridgehead atoms. The van der Waals surface area contributed by atoms with Crippen molar-refractivity contribution in [2.24, 2.45) is 5.84 Å². The number of hydrazine groups is 1. The lowest BCUT2D eigenvalue weighted by atomic mass is 10.1. The first kappa shape index (κ1) is 13.1. The molecule has 1 aliphatic rings. The van der Waals surface area contributed by atoms with Crippen molar-refractivity contribution < 1.29 is 4.74 Å². The van der Waals surface area contributed by atoms with Crippen LogP contribution in [0, 0.1) is 0 Å². The van der Waals surface area contributed by atoms with Gasteiger partial charge in [0, 0.05) is 18.9 Å². The number of nitrogens with zero attached hydrogens (tertiary/aromatic N) is 4. The molecule has 3 rings (SSSR count). The summed E-state index contributed by atoms with van der Waals surface area (Å²) < 4.78 is 7.68. The van der Waals surface area contributed by atoms with Crippen molar-refractivity contribution in [2.45, 2.75) is 32.4 Å². The van der Waals surface area contributed by atoms with Crippen molar-refractivity contribution in [3.63, 3.8) is 0 Å². The number of nitrogens with two attached hydrogens (primary N) is 1. The summed E-state index contributed by atoms with van der Waals surface area (Å²) in [5.74, 6) is 6.99. The zero-order chi connectivity index (χ0) is 14.1. The van der Waals surface area contributed by atoms with Crippen LogP contribution < -0.4 is 16.2 Å². The van der Waals surface area contributed by atoms with Gasteiger partial charge < -0.3 is 19.5 Å². The minimum atomic E-state index is 0.184. The van der Waals surface area contributed by atoms with E-state index in [0.29, 0.717) is 18.5 Å². The molecule has 7 nitrogen and oxygen atoms in total. The van der Waals surface area contributed by atoms with E-state index in [2.05, 4.69) is 34.1 Å². The van der Waals surface area contributed by atoms with E-state index in [9.17, 15) is 0 Å². The topological polar surface area (TPSA) is 80.7 Å². The number of morpholine rings is 1. The molecule has 0 amide bonds. The highest BCUT2D eigenvalue weighted by Crippen LogP contribution is 2.26. The Morgan fingerprint density at radius 2 is 2.40 bits per heavy atom. The Labute approximate surface area is 117 Å². The van der Waals surface area contributed by atoms with Crippen LogP contribution >= 0.6 is 0 Å². The van der Waals surface area contributed by atoms with Gasteiger partial charge in [0.2, 0.25) is 0 Å². The first-order valence-electron chi connectivity index (χ1n) is 6.91. The van der Waals surface area contributed by atoms with Crippen molar-refractivity contribution in [1.29, 1.82) is 0 Å². The summed E-state index contributed by atoms with van der Waals surface area (Å²) in [5, 5.41) is 0. The predicted octanol–water partition coefficient (Wildman–Crippen LogP) is 1.02. The SMILES string of the molecule is CCC1COC(C)CN1c1nc(NN)cn2ccnc12. The molecule has 0 spiro atoms. The second kappa shape index (κ2) is 5.26. The number of rotatable bonds is 3. The van der Waals surface area contributed by atoms with Gasteiger partial charge in [-0.25, -0.2) is 15.8 Å². The zero-order valence-electron chi connectivity index (χ0n) is 11.8. The average Bonchev–Trinajstić information content (AvgIpc) is 2.94. The number of ether oxygens (including phenoxy) is 1.